The number of hydrogen-bond donors (Lipinski definition) is 4. The number of aliphatic hydroxyl groups excluding tert-OH is 1. The highest BCUT2D eigenvalue weighted by molar-refractivity contribution is 14.0. The van der Waals surface area contributed by atoms with Gasteiger partial charge in [0.25, 0.3) is 0 Å². The van der Waals surface area contributed by atoms with Gasteiger partial charge in [-0.25, -0.2) is 0 Å². The van der Waals surface area contributed by atoms with E-state index in [1.54, 1.807) is 0 Å². The Morgan fingerprint density at radius 1 is 1.17 bits per heavy atom. The number of nitrogens with zero attached hydrogens (tertiary/aromatic N) is 1. The van der Waals surface area contributed by atoms with Crippen molar-refractivity contribution in [2.75, 3.05) is 26.3 Å². The monoisotopic (exact) mass is 530 g/mol. The second-order valence-electron chi connectivity index (χ2n) is 8.51. The molecule has 6 nitrogen and oxygen atoms in total. The molecule has 1 saturated carbocycles. The molecule has 0 spiro atoms. The molecule has 1 aromatic rings. The number of benzene rings is 1. The van der Waals surface area contributed by atoms with Gasteiger partial charge in [0.1, 0.15) is 0 Å². The maximum absolute atomic E-state index is 9.76. The Kier molecular flexibility index (Phi) is 10.8. The van der Waals surface area contributed by atoms with E-state index in [1.807, 2.05) is 0 Å². The van der Waals surface area contributed by atoms with Crippen LogP contribution in [-0.2, 0) is 4.74 Å². The van der Waals surface area contributed by atoms with Gasteiger partial charge in [-0.05, 0) is 57.9 Å². The van der Waals surface area contributed by atoms with Gasteiger partial charge in [-0.3, -0.25) is 4.99 Å². The van der Waals surface area contributed by atoms with E-state index in [-0.39, 0.29) is 41.7 Å². The molecule has 1 heterocycles. The minimum Gasteiger partial charge on any atom is -0.393 e. The van der Waals surface area contributed by atoms with Crippen molar-refractivity contribution >= 4 is 29.9 Å². The lowest BCUT2D eigenvalue weighted by Gasteiger charge is -2.39. The number of hydrogen-bond acceptors (Lipinski definition) is 4. The van der Waals surface area contributed by atoms with E-state index in [0.29, 0.717) is 6.04 Å². The van der Waals surface area contributed by atoms with Gasteiger partial charge < -0.3 is 25.8 Å². The van der Waals surface area contributed by atoms with Crippen LogP contribution in [0.2, 0.25) is 0 Å². The molecule has 0 amide bonds. The van der Waals surface area contributed by atoms with Gasteiger partial charge in [-0.2, -0.15) is 0 Å². The zero-order valence-electron chi connectivity index (χ0n) is 18.4. The minimum absolute atomic E-state index is 0. The summed E-state index contributed by atoms with van der Waals surface area (Å²) < 4.78 is 5.65. The molecule has 2 fully saturated rings. The summed E-state index contributed by atoms with van der Waals surface area (Å²) in [4.78, 5) is 4.98. The van der Waals surface area contributed by atoms with E-state index in [4.69, 9.17) is 9.73 Å². The topological polar surface area (TPSA) is 77.9 Å². The fraction of sp³-hybridized carbons (Fsp3) is 0.696. The Morgan fingerprint density at radius 3 is 2.47 bits per heavy atom. The summed E-state index contributed by atoms with van der Waals surface area (Å²) in [5.41, 5.74) is 1.24. The Bertz CT molecular complexity index is 629. The van der Waals surface area contributed by atoms with Gasteiger partial charge in [0.2, 0.25) is 0 Å². The van der Waals surface area contributed by atoms with Crippen molar-refractivity contribution in [1.29, 1.82) is 0 Å². The quantitative estimate of drug-likeness (QED) is 0.247. The lowest BCUT2D eigenvalue weighted by Crippen LogP contribution is -2.53. The van der Waals surface area contributed by atoms with Crippen LogP contribution in [0.15, 0.2) is 35.3 Å². The molecule has 1 atom stereocenters. The molecule has 0 radical (unpaired) electrons. The number of nitrogens with one attached hydrogen (secondary N) is 3. The van der Waals surface area contributed by atoms with Gasteiger partial charge in [0.15, 0.2) is 5.96 Å². The number of ether oxygens (including phenoxy) is 1. The second kappa shape index (κ2) is 12.8. The molecule has 1 aromatic carbocycles. The molecule has 3 rings (SSSR count). The van der Waals surface area contributed by atoms with Crippen LogP contribution in [0.5, 0.6) is 0 Å². The van der Waals surface area contributed by atoms with Crippen molar-refractivity contribution in [3.8, 4) is 0 Å². The Labute approximate surface area is 198 Å². The van der Waals surface area contributed by atoms with Gasteiger partial charge in [-0.1, -0.05) is 30.3 Å². The molecule has 2 aliphatic rings. The highest BCUT2D eigenvalue weighted by Crippen LogP contribution is 2.26. The first kappa shape index (κ1) is 25.4. The summed E-state index contributed by atoms with van der Waals surface area (Å²) in [6.45, 7) is 7.43. The van der Waals surface area contributed by atoms with E-state index in [0.717, 1.165) is 70.8 Å². The lowest BCUT2D eigenvalue weighted by molar-refractivity contribution is 0.0374. The third kappa shape index (κ3) is 7.66. The minimum atomic E-state index is -0.137. The van der Waals surface area contributed by atoms with E-state index < -0.39 is 0 Å². The molecular weight excluding hydrogens is 491 g/mol. The second-order valence-corrected chi connectivity index (χ2v) is 8.51. The van der Waals surface area contributed by atoms with Crippen LogP contribution in [0.25, 0.3) is 0 Å². The third-order valence-electron chi connectivity index (χ3n) is 6.19. The zero-order chi connectivity index (χ0) is 20.5. The first-order valence-corrected chi connectivity index (χ1v) is 11.2. The Morgan fingerprint density at radius 2 is 1.83 bits per heavy atom. The van der Waals surface area contributed by atoms with Gasteiger partial charge in [-0.15, -0.1) is 24.0 Å². The van der Waals surface area contributed by atoms with Crippen LogP contribution in [0.3, 0.4) is 0 Å². The summed E-state index contributed by atoms with van der Waals surface area (Å²) in [7, 11) is 0. The maximum Gasteiger partial charge on any atom is 0.191 e. The molecular formula is C23H39IN4O2. The predicted molar refractivity (Wildman–Crippen MR) is 134 cm³/mol. The number of guanidine groups is 1. The van der Waals surface area contributed by atoms with Crippen LogP contribution < -0.4 is 16.0 Å². The summed E-state index contributed by atoms with van der Waals surface area (Å²) in [5, 5.41) is 20.6. The first-order chi connectivity index (χ1) is 14.1. The molecule has 0 aromatic heterocycles. The van der Waals surface area contributed by atoms with E-state index in [9.17, 15) is 5.11 Å². The predicted octanol–water partition coefficient (Wildman–Crippen LogP) is 3.36. The first-order valence-electron chi connectivity index (χ1n) is 11.2. The fourth-order valence-electron chi connectivity index (χ4n) is 4.36. The van der Waals surface area contributed by atoms with Crippen molar-refractivity contribution in [1.82, 2.24) is 16.0 Å². The average Bonchev–Trinajstić information content (AvgIpc) is 2.75. The summed E-state index contributed by atoms with van der Waals surface area (Å²) in [5.74, 6) is 0.883. The number of halogens is 1. The van der Waals surface area contributed by atoms with Crippen molar-refractivity contribution < 1.29 is 9.84 Å². The zero-order valence-corrected chi connectivity index (χ0v) is 20.7. The summed E-state index contributed by atoms with van der Waals surface area (Å²) in [6, 6.07) is 11.3. The van der Waals surface area contributed by atoms with Crippen molar-refractivity contribution in [2.24, 2.45) is 4.99 Å². The van der Waals surface area contributed by atoms with Gasteiger partial charge in [0.05, 0.1) is 12.6 Å². The van der Waals surface area contributed by atoms with Gasteiger partial charge in [0, 0.05) is 37.4 Å². The van der Waals surface area contributed by atoms with E-state index >= 15 is 0 Å². The van der Waals surface area contributed by atoms with Crippen LogP contribution in [0, 0.1) is 0 Å². The molecule has 170 valence electrons. The molecule has 1 aliphatic heterocycles. The summed E-state index contributed by atoms with van der Waals surface area (Å²) >= 11 is 0. The van der Waals surface area contributed by atoms with Crippen LogP contribution in [0.1, 0.15) is 64.0 Å². The molecule has 4 N–H and O–H groups in total. The van der Waals surface area contributed by atoms with Crippen molar-refractivity contribution in [3.05, 3.63) is 35.9 Å². The number of rotatable bonds is 7. The molecule has 30 heavy (non-hydrogen) atoms. The van der Waals surface area contributed by atoms with Crippen molar-refractivity contribution in [2.45, 2.75) is 76.1 Å². The fourth-order valence-corrected chi connectivity index (χ4v) is 4.36. The molecule has 1 unspecified atom stereocenters. The lowest BCUT2D eigenvalue weighted by atomic mass is 9.88. The Balaban J connectivity index is 0.00000320. The van der Waals surface area contributed by atoms with E-state index in [1.165, 1.54) is 5.56 Å². The third-order valence-corrected chi connectivity index (χ3v) is 6.19. The maximum atomic E-state index is 9.76. The number of aliphatic hydroxyl groups is 1. The molecule has 1 saturated heterocycles. The molecule has 0 bridgehead atoms. The average molecular weight is 530 g/mol. The van der Waals surface area contributed by atoms with Crippen LogP contribution in [-0.4, -0.2) is 55.1 Å². The van der Waals surface area contributed by atoms with Crippen LogP contribution in [0.4, 0.5) is 0 Å². The summed E-state index contributed by atoms with van der Waals surface area (Å²) in [6.07, 6.45) is 5.51. The smallest absolute Gasteiger partial charge is 0.191 e. The Hall–Kier alpha value is -0.900. The van der Waals surface area contributed by atoms with E-state index in [2.05, 4.69) is 60.1 Å². The highest BCUT2D eigenvalue weighted by Gasteiger charge is 2.34. The molecule has 1 aliphatic carbocycles. The molecule has 7 heteroatoms. The standard InChI is InChI=1S/C23H38N4O2.HI/c1-3-24-22(26-20-9-11-21(28)12-10-20)25-17-23(13-15-29-16-14-23)27-18(2)19-7-5-4-6-8-19;/h4-8,18,20-21,27-28H,3,9-17H2,1-2H3,(H2,24,25,26);1H. The normalized spacial score (nSPS) is 25.1. The van der Waals surface area contributed by atoms with Crippen LogP contribution >= 0.6 is 24.0 Å². The highest BCUT2D eigenvalue weighted by atomic mass is 127. The van der Waals surface area contributed by atoms with Gasteiger partial charge >= 0.3 is 0 Å². The number of aliphatic imine (C=N–C) groups is 1. The largest absolute Gasteiger partial charge is 0.393 e. The van der Waals surface area contributed by atoms with Crippen molar-refractivity contribution in [3.63, 3.8) is 0 Å². The SMILES string of the molecule is CCNC(=NCC1(NC(C)c2ccccc2)CCOCC1)NC1CCC(O)CC1.I.